The monoisotopic (exact) mass is 344 g/mol. The fourth-order valence-electron chi connectivity index (χ4n) is 1.40. The van der Waals surface area contributed by atoms with Gasteiger partial charge in [0.05, 0.1) is 5.69 Å². The maximum absolute atomic E-state index is 11.9. The molecule has 0 saturated carbocycles. The summed E-state index contributed by atoms with van der Waals surface area (Å²) in [4.78, 5) is 12.5. The summed E-state index contributed by atoms with van der Waals surface area (Å²) >= 11 is 10.6. The first-order valence-corrected chi connectivity index (χ1v) is 7.18. The minimum absolute atomic E-state index is 0.175. The molecule has 2 aromatic rings. The lowest BCUT2D eigenvalue weighted by molar-refractivity contribution is 0.0966. The minimum atomic E-state index is -0.175. The Morgan fingerprint density at radius 1 is 1.39 bits per heavy atom. The van der Waals surface area contributed by atoms with Crippen LogP contribution in [0, 0.1) is 6.92 Å². The zero-order chi connectivity index (χ0) is 13.1. The lowest BCUT2D eigenvalue weighted by Crippen LogP contribution is -2.29. The van der Waals surface area contributed by atoms with E-state index in [1.54, 1.807) is 6.07 Å². The summed E-state index contributed by atoms with van der Waals surface area (Å²) in [7, 11) is 0. The smallest absolute Gasteiger partial charge is 0.280 e. The molecule has 2 rings (SSSR count). The first-order valence-electron chi connectivity index (χ1n) is 5.13. The molecular formula is C12H10BrClN2OS. The fraction of sp³-hybridized carbons (Fsp3) is 0.0833. The molecule has 0 radical (unpaired) electrons. The van der Waals surface area contributed by atoms with Crippen LogP contribution in [0.4, 0.5) is 5.69 Å². The van der Waals surface area contributed by atoms with Crippen LogP contribution < -0.4 is 10.9 Å². The number of anilines is 1. The second-order valence-corrected chi connectivity index (χ2v) is 5.84. The number of halogens is 2. The number of hydrogen-bond acceptors (Lipinski definition) is 3. The normalized spacial score (nSPS) is 10.2. The number of carbonyl (C=O) groups is 1. The summed E-state index contributed by atoms with van der Waals surface area (Å²) in [5.41, 5.74) is 7.32. The summed E-state index contributed by atoms with van der Waals surface area (Å²) in [6, 6.07) is 7.26. The Balaban J connectivity index is 2.04. The summed E-state index contributed by atoms with van der Waals surface area (Å²) in [6.07, 6.45) is 0. The van der Waals surface area contributed by atoms with Gasteiger partial charge in [0.1, 0.15) is 4.88 Å². The lowest BCUT2D eigenvalue weighted by Gasteiger charge is -2.10. The van der Waals surface area contributed by atoms with E-state index >= 15 is 0 Å². The van der Waals surface area contributed by atoms with E-state index in [0.29, 0.717) is 9.90 Å². The van der Waals surface area contributed by atoms with Gasteiger partial charge in [-0.25, -0.2) is 0 Å². The number of aryl methyl sites for hydroxylation is 1. The Hall–Kier alpha value is -1.04. The molecular weight excluding hydrogens is 336 g/mol. The van der Waals surface area contributed by atoms with Gasteiger partial charge in [0.25, 0.3) is 5.91 Å². The molecule has 0 aliphatic rings. The Labute approximate surface area is 122 Å². The van der Waals surface area contributed by atoms with Gasteiger partial charge in [-0.3, -0.25) is 15.6 Å². The molecule has 1 amide bonds. The minimum Gasteiger partial charge on any atom is -0.298 e. The molecule has 94 valence electrons. The fourth-order valence-corrected chi connectivity index (χ4v) is 3.08. The second-order valence-electron chi connectivity index (χ2n) is 3.64. The number of hydrogen-bond donors (Lipinski definition) is 2. The highest BCUT2D eigenvalue weighted by Crippen LogP contribution is 2.23. The molecule has 1 heterocycles. The van der Waals surface area contributed by atoms with Crippen molar-refractivity contribution in [1.82, 2.24) is 5.43 Å². The van der Waals surface area contributed by atoms with Crippen molar-refractivity contribution in [2.75, 3.05) is 5.43 Å². The zero-order valence-electron chi connectivity index (χ0n) is 9.46. The predicted octanol–water partition coefficient (Wildman–Crippen LogP) is 4.23. The SMILES string of the molecule is Cc1cc(Cl)ccc1NNC(=O)c1sccc1Br. The Bertz CT molecular complexity index is 585. The number of hydrazine groups is 1. The highest BCUT2D eigenvalue weighted by atomic mass is 79.9. The van der Waals surface area contributed by atoms with Crippen molar-refractivity contribution in [3.8, 4) is 0 Å². The van der Waals surface area contributed by atoms with Crippen LogP contribution >= 0.6 is 38.9 Å². The molecule has 6 heteroatoms. The van der Waals surface area contributed by atoms with Crippen molar-refractivity contribution in [3.05, 3.63) is 49.6 Å². The van der Waals surface area contributed by atoms with Gasteiger partial charge in [-0.2, -0.15) is 0 Å². The number of benzene rings is 1. The summed E-state index contributed by atoms with van der Waals surface area (Å²) < 4.78 is 0.791. The molecule has 0 unspecified atom stereocenters. The molecule has 0 bridgehead atoms. The van der Waals surface area contributed by atoms with Gasteiger partial charge < -0.3 is 0 Å². The molecule has 18 heavy (non-hydrogen) atoms. The van der Waals surface area contributed by atoms with Crippen molar-refractivity contribution < 1.29 is 4.79 Å². The molecule has 1 aromatic carbocycles. The average molecular weight is 346 g/mol. The van der Waals surface area contributed by atoms with E-state index in [-0.39, 0.29) is 5.91 Å². The van der Waals surface area contributed by atoms with Crippen LogP contribution in [-0.4, -0.2) is 5.91 Å². The number of amides is 1. The van der Waals surface area contributed by atoms with E-state index in [0.717, 1.165) is 15.7 Å². The van der Waals surface area contributed by atoms with Gasteiger partial charge in [0.15, 0.2) is 0 Å². The number of thiophene rings is 1. The third-order valence-electron chi connectivity index (χ3n) is 2.32. The molecule has 3 nitrogen and oxygen atoms in total. The Kier molecular flexibility index (Phi) is 4.27. The van der Waals surface area contributed by atoms with Crippen molar-refractivity contribution in [2.45, 2.75) is 6.92 Å². The highest BCUT2D eigenvalue weighted by molar-refractivity contribution is 9.10. The Morgan fingerprint density at radius 2 is 2.17 bits per heavy atom. The zero-order valence-corrected chi connectivity index (χ0v) is 12.6. The predicted molar refractivity (Wildman–Crippen MR) is 79.3 cm³/mol. The van der Waals surface area contributed by atoms with Gasteiger partial charge in [0.2, 0.25) is 0 Å². The molecule has 0 fully saturated rings. The molecule has 1 aromatic heterocycles. The summed E-state index contributed by atoms with van der Waals surface area (Å²) in [5, 5.41) is 2.53. The molecule has 0 spiro atoms. The van der Waals surface area contributed by atoms with Gasteiger partial charge in [-0.15, -0.1) is 11.3 Å². The van der Waals surface area contributed by atoms with Crippen LogP contribution in [-0.2, 0) is 0 Å². The lowest BCUT2D eigenvalue weighted by atomic mass is 10.2. The molecule has 0 saturated heterocycles. The summed E-state index contributed by atoms with van der Waals surface area (Å²) in [6.45, 7) is 1.92. The maximum Gasteiger partial charge on any atom is 0.280 e. The van der Waals surface area contributed by atoms with Gasteiger partial charge >= 0.3 is 0 Å². The molecule has 0 atom stereocenters. The van der Waals surface area contributed by atoms with Crippen LogP contribution in [0.2, 0.25) is 5.02 Å². The first kappa shape index (κ1) is 13.4. The van der Waals surface area contributed by atoms with E-state index in [1.165, 1.54) is 11.3 Å². The van der Waals surface area contributed by atoms with Crippen molar-refractivity contribution in [3.63, 3.8) is 0 Å². The van der Waals surface area contributed by atoms with E-state index in [2.05, 4.69) is 26.8 Å². The highest BCUT2D eigenvalue weighted by Gasteiger charge is 2.11. The van der Waals surface area contributed by atoms with Crippen LogP contribution in [0.15, 0.2) is 34.1 Å². The number of nitrogens with one attached hydrogen (secondary N) is 2. The first-order chi connectivity index (χ1) is 8.58. The van der Waals surface area contributed by atoms with Crippen LogP contribution in [0.25, 0.3) is 0 Å². The quantitative estimate of drug-likeness (QED) is 0.817. The molecule has 2 N–H and O–H groups in total. The van der Waals surface area contributed by atoms with Gasteiger partial charge in [0, 0.05) is 9.50 Å². The van der Waals surface area contributed by atoms with E-state index in [4.69, 9.17) is 11.6 Å². The van der Waals surface area contributed by atoms with E-state index in [1.807, 2.05) is 30.5 Å². The van der Waals surface area contributed by atoms with E-state index < -0.39 is 0 Å². The standard InChI is InChI=1S/C12H10BrClN2OS/c1-7-6-8(14)2-3-10(7)15-16-12(17)11-9(13)4-5-18-11/h2-6,15H,1H3,(H,16,17). The maximum atomic E-state index is 11.9. The third kappa shape index (κ3) is 3.04. The molecule has 0 aliphatic heterocycles. The van der Waals surface area contributed by atoms with Crippen molar-refractivity contribution in [1.29, 1.82) is 0 Å². The van der Waals surface area contributed by atoms with Crippen LogP contribution in [0.5, 0.6) is 0 Å². The second kappa shape index (κ2) is 5.73. The van der Waals surface area contributed by atoms with Gasteiger partial charge in [-0.1, -0.05) is 11.6 Å². The topological polar surface area (TPSA) is 41.1 Å². The van der Waals surface area contributed by atoms with Crippen LogP contribution in [0.3, 0.4) is 0 Å². The number of rotatable bonds is 3. The van der Waals surface area contributed by atoms with Crippen molar-refractivity contribution >= 4 is 50.5 Å². The Morgan fingerprint density at radius 3 is 2.78 bits per heavy atom. The molecule has 0 aliphatic carbocycles. The van der Waals surface area contributed by atoms with Gasteiger partial charge in [-0.05, 0) is 58.1 Å². The largest absolute Gasteiger partial charge is 0.298 e. The summed E-state index contributed by atoms with van der Waals surface area (Å²) in [5.74, 6) is -0.175. The van der Waals surface area contributed by atoms with E-state index in [9.17, 15) is 4.79 Å². The number of carbonyl (C=O) groups excluding carboxylic acids is 1. The van der Waals surface area contributed by atoms with Crippen molar-refractivity contribution in [2.24, 2.45) is 0 Å². The third-order valence-corrected chi connectivity index (χ3v) is 4.39. The average Bonchev–Trinajstić information content (AvgIpc) is 2.74. The van der Waals surface area contributed by atoms with Crippen LogP contribution in [0.1, 0.15) is 15.2 Å².